The number of halogens is 2. The summed E-state index contributed by atoms with van der Waals surface area (Å²) in [5.41, 5.74) is 4.04. The summed E-state index contributed by atoms with van der Waals surface area (Å²) in [5, 5.41) is 11.1. The van der Waals surface area contributed by atoms with Crippen molar-refractivity contribution in [2.45, 2.75) is 38.0 Å². The Morgan fingerprint density at radius 3 is 2.61 bits per heavy atom. The quantitative estimate of drug-likeness (QED) is 0.531. The summed E-state index contributed by atoms with van der Waals surface area (Å²) >= 11 is 0. The Kier molecular flexibility index (Phi) is 6.09. The predicted molar refractivity (Wildman–Crippen MR) is 116 cm³/mol. The summed E-state index contributed by atoms with van der Waals surface area (Å²) in [4.78, 5) is 16.5. The molecular formula is C25H23F2NO3. The molecule has 1 heterocycles. The normalized spacial score (nSPS) is 15.9. The van der Waals surface area contributed by atoms with Crippen LogP contribution < -0.4 is 0 Å². The molecule has 6 heteroatoms. The Balaban J connectivity index is 1.85. The highest BCUT2D eigenvalue weighted by Crippen LogP contribution is 2.45. The van der Waals surface area contributed by atoms with E-state index in [1.807, 2.05) is 24.3 Å². The number of rotatable bonds is 7. The number of carbonyl (C=O) groups is 1. The smallest absolute Gasteiger partial charge is 0.343 e. The number of aromatic nitrogens is 1. The van der Waals surface area contributed by atoms with Crippen LogP contribution in [0.15, 0.2) is 54.6 Å². The molecule has 4 nitrogen and oxygen atoms in total. The van der Waals surface area contributed by atoms with Gasteiger partial charge in [-0.3, -0.25) is 4.98 Å². The molecule has 1 N–H and O–H groups in total. The maximum absolute atomic E-state index is 14.2. The summed E-state index contributed by atoms with van der Waals surface area (Å²) in [7, 11) is 0. The van der Waals surface area contributed by atoms with E-state index in [0.717, 1.165) is 46.1 Å². The molecule has 1 fully saturated rings. The molecule has 1 aliphatic carbocycles. The largest absolute Gasteiger partial charge is 0.464 e. The summed E-state index contributed by atoms with van der Waals surface area (Å²) in [5.74, 6) is -1.17. The van der Waals surface area contributed by atoms with E-state index in [2.05, 4.69) is 4.74 Å². The van der Waals surface area contributed by atoms with E-state index in [4.69, 9.17) is 4.98 Å². The Hall–Kier alpha value is -3.12. The summed E-state index contributed by atoms with van der Waals surface area (Å²) < 4.78 is 32.5. The number of benzene rings is 2. The number of para-hydroxylation sites is 1. The number of alkyl halides is 1. The van der Waals surface area contributed by atoms with Crippen LogP contribution in [-0.4, -0.2) is 34.9 Å². The van der Waals surface area contributed by atoms with Crippen LogP contribution >= 0.6 is 0 Å². The van der Waals surface area contributed by atoms with Crippen LogP contribution in [0.4, 0.5) is 8.78 Å². The molecule has 2 unspecified atom stereocenters. The van der Waals surface area contributed by atoms with Crippen LogP contribution in [0.25, 0.3) is 28.1 Å². The number of ether oxygens (including phenoxy) is 1. The molecule has 1 aliphatic rings. The van der Waals surface area contributed by atoms with Gasteiger partial charge < -0.3 is 9.84 Å². The van der Waals surface area contributed by atoms with Crippen molar-refractivity contribution >= 4 is 22.9 Å². The average molecular weight is 423 g/mol. The van der Waals surface area contributed by atoms with Crippen molar-refractivity contribution in [2.24, 2.45) is 0 Å². The van der Waals surface area contributed by atoms with Crippen molar-refractivity contribution in [3.05, 3.63) is 71.7 Å². The molecule has 4 rings (SSSR count). The first kappa shape index (κ1) is 21.1. The van der Waals surface area contributed by atoms with Gasteiger partial charge in [-0.2, -0.15) is 0 Å². The van der Waals surface area contributed by atoms with Gasteiger partial charge in [-0.25, -0.2) is 13.6 Å². The molecule has 2 aromatic carbocycles. The zero-order valence-corrected chi connectivity index (χ0v) is 17.1. The van der Waals surface area contributed by atoms with Crippen LogP contribution in [0.5, 0.6) is 0 Å². The van der Waals surface area contributed by atoms with Crippen molar-refractivity contribution in [1.29, 1.82) is 0 Å². The van der Waals surface area contributed by atoms with Gasteiger partial charge in [0.05, 0.1) is 17.8 Å². The number of nitrogens with zero attached hydrogens (tertiary/aromatic N) is 1. The topological polar surface area (TPSA) is 59.4 Å². The molecular weight excluding hydrogens is 400 g/mol. The number of carbonyl (C=O) groups excluding carboxylic acids is 1. The van der Waals surface area contributed by atoms with E-state index in [1.165, 1.54) is 18.2 Å². The minimum Gasteiger partial charge on any atom is -0.464 e. The lowest BCUT2D eigenvalue weighted by molar-refractivity contribution is -0.152. The van der Waals surface area contributed by atoms with Crippen LogP contribution in [0.3, 0.4) is 0 Å². The molecule has 1 saturated carbocycles. The highest BCUT2D eigenvalue weighted by molar-refractivity contribution is 5.99. The maximum Gasteiger partial charge on any atom is 0.343 e. The SMILES string of the molecule is CCOC(=O)C(F)C(O)/C=C/c1c(C2CC2)nc2ccccc2c1-c1ccc(F)cc1. The molecule has 31 heavy (non-hydrogen) atoms. The molecule has 0 spiro atoms. The minimum absolute atomic E-state index is 0.0326. The monoisotopic (exact) mass is 423 g/mol. The Morgan fingerprint density at radius 1 is 1.23 bits per heavy atom. The first-order valence-corrected chi connectivity index (χ1v) is 10.3. The van der Waals surface area contributed by atoms with Crippen LogP contribution in [0.1, 0.15) is 36.9 Å². The fourth-order valence-electron chi connectivity index (χ4n) is 3.66. The lowest BCUT2D eigenvalue weighted by atomic mass is 9.92. The average Bonchev–Trinajstić information content (AvgIpc) is 3.62. The van der Waals surface area contributed by atoms with E-state index in [9.17, 15) is 18.7 Å². The predicted octanol–water partition coefficient (Wildman–Crippen LogP) is 5.19. The van der Waals surface area contributed by atoms with Gasteiger partial charge in [0.1, 0.15) is 11.9 Å². The molecule has 0 amide bonds. The zero-order chi connectivity index (χ0) is 22.0. The van der Waals surface area contributed by atoms with E-state index in [-0.39, 0.29) is 18.3 Å². The van der Waals surface area contributed by atoms with Crippen molar-refractivity contribution < 1.29 is 23.4 Å². The summed E-state index contributed by atoms with van der Waals surface area (Å²) in [6.45, 7) is 1.61. The van der Waals surface area contributed by atoms with Crippen molar-refractivity contribution in [3.8, 4) is 11.1 Å². The Morgan fingerprint density at radius 2 is 1.94 bits per heavy atom. The number of fused-ring (bicyclic) bond motifs is 1. The van der Waals surface area contributed by atoms with Gasteiger partial charge >= 0.3 is 5.97 Å². The van der Waals surface area contributed by atoms with Gasteiger partial charge in [0, 0.05) is 22.4 Å². The Labute approximate surface area is 179 Å². The van der Waals surface area contributed by atoms with Crippen molar-refractivity contribution in [1.82, 2.24) is 4.98 Å². The lowest BCUT2D eigenvalue weighted by Gasteiger charge is -2.16. The molecule has 0 saturated heterocycles. The van der Waals surface area contributed by atoms with Gasteiger partial charge in [-0.15, -0.1) is 0 Å². The first-order valence-electron chi connectivity index (χ1n) is 10.3. The summed E-state index contributed by atoms with van der Waals surface area (Å²) in [6.07, 6.45) is 1.02. The number of pyridine rings is 1. The van der Waals surface area contributed by atoms with Gasteiger partial charge in [-0.1, -0.05) is 42.5 Å². The number of aliphatic hydroxyl groups is 1. The van der Waals surface area contributed by atoms with Crippen LogP contribution in [-0.2, 0) is 9.53 Å². The van der Waals surface area contributed by atoms with Crippen LogP contribution in [0, 0.1) is 5.82 Å². The molecule has 0 bridgehead atoms. The second kappa shape index (κ2) is 8.94. The number of esters is 1. The standard InChI is InChI=1S/C25H23F2NO3/c1-2-31-25(30)23(27)21(29)14-13-19-22(15-9-11-17(26)12-10-15)18-5-3-4-6-20(18)28-24(19)16-7-8-16/h3-6,9-14,16,21,23,29H,2,7-8H2,1H3/b14-13+. The van der Waals surface area contributed by atoms with Gasteiger partial charge in [0.25, 0.3) is 0 Å². The first-order chi connectivity index (χ1) is 15.0. The third-order valence-electron chi connectivity index (χ3n) is 5.33. The molecule has 3 aromatic rings. The van der Waals surface area contributed by atoms with E-state index in [0.29, 0.717) is 0 Å². The number of hydrogen-bond acceptors (Lipinski definition) is 4. The van der Waals surface area contributed by atoms with E-state index < -0.39 is 18.2 Å². The summed E-state index contributed by atoms with van der Waals surface area (Å²) in [6, 6.07) is 13.8. The maximum atomic E-state index is 14.2. The highest BCUT2D eigenvalue weighted by atomic mass is 19.1. The third-order valence-corrected chi connectivity index (χ3v) is 5.33. The van der Waals surface area contributed by atoms with Crippen molar-refractivity contribution in [2.75, 3.05) is 6.61 Å². The molecule has 1 aromatic heterocycles. The highest BCUT2D eigenvalue weighted by Gasteiger charge is 2.30. The fourth-order valence-corrected chi connectivity index (χ4v) is 3.66. The van der Waals surface area contributed by atoms with E-state index in [1.54, 1.807) is 25.1 Å². The fraction of sp³-hybridized carbons (Fsp3) is 0.280. The zero-order valence-electron chi connectivity index (χ0n) is 17.1. The second-order valence-corrected chi connectivity index (χ2v) is 7.59. The number of aliphatic hydroxyl groups excluding tert-OH is 1. The molecule has 2 atom stereocenters. The van der Waals surface area contributed by atoms with Crippen molar-refractivity contribution in [3.63, 3.8) is 0 Å². The lowest BCUT2D eigenvalue weighted by Crippen LogP contribution is -2.30. The van der Waals surface area contributed by atoms with E-state index >= 15 is 0 Å². The van der Waals surface area contributed by atoms with Crippen LogP contribution in [0.2, 0.25) is 0 Å². The molecule has 0 radical (unpaired) electrons. The van der Waals surface area contributed by atoms with Gasteiger partial charge in [-0.05, 0) is 43.5 Å². The molecule has 0 aliphatic heterocycles. The molecule has 160 valence electrons. The number of hydrogen-bond donors (Lipinski definition) is 1. The Bertz CT molecular complexity index is 1120. The van der Waals surface area contributed by atoms with Gasteiger partial charge in [0.15, 0.2) is 0 Å². The third kappa shape index (κ3) is 4.49. The minimum atomic E-state index is -2.18. The second-order valence-electron chi connectivity index (χ2n) is 7.59. The van der Waals surface area contributed by atoms with Gasteiger partial charge in [0.2, 0.25) is 6.17 Å².